The van der Waals surface area contributed by atoms with E-state index in [2.05, 4.69) is 6.58 Å². The zero-order valence-electron chi connectivity index (χ0n) is 20.2. The van der Waals surface area contributed by atoms with E-state index in [0.717, 1.165) is 0 Å². The fraction of sp³-hybridized carbons (Fsp3) is 0.750. The Labute approximate surface area is 194 Å². The van der Waals surface area contributed by atoms with Gasteiger partial charge in [0.1, 0.15) is 12.2 Å². The van der Waals surface area contributed by atoms with Crippen molar-refractivity contribution < 1.29 is 43.6 Å². The van der Waals surface area contributed by atoms with Crippen LogP contribution in [0.3, 0.4) is 0 Å². The molecule has 0 bridgehead atoms. The average molecular weight is 469 g/mol. The van der Waals surface area contributed by atoms with Crippen LogP contribution in [0.4, 0.5) is 0 Å². The molecular weight excluding hydrogens is 432 g/mol. The lowest BCUT2D eigenvalue weighted by Gasteiger charge is -2.41. The SMILES string of the molecule is C=C1C(=O)O[C@H]2[C@H]1[C@@H](O)C(OC(=O)C(C)C)[C@H](C)CCC(=O)[C@](C)(O)[C@@H]2OC(=O)C(C)CC. The molecule has 0 radical (unpaired) electrons. The summed E-state index contributed by atoms with van der Waals surface area (Å²) in [6, 6.07) is 0. The maximum Gasteiger partial charge on any atom is 0.334 e. The standard InChI is InChI=1S/C24H36O9/c1-8-12(4)22(28)33-20-19-16(14(6)23(29)32-19)17(26)18(31-21(27)11(2)3)13(5)9-10-15(25)24(20,7)30/h11-13,16-20,26,30H,6,8-10H2,1-5,7H3/t12?,13-,16-,17-,18?,19+,20-,24+/m1/s1. The van der Waals surface area contributed by atoms with Crippen LogP contribution in [0.2, 0.25) is 0 Å². The molecule has 2 rings (SSSR count). The predicted molar refractivity (Wildman–Crippen MR) is 117 cm³/mol. The summed E-state index contributed by atoms with van der Waals surface area (Å²) in [5, 5.41) is 22.5. The number of aliphatic hydroxyl groups is 2. The molecule has 1 aliphatic heterocycles. The number of hydrogen-bond acceptors (Lipinski definition) is 9. The highest BCUT2D eigenvalue weighted by Crippen LogP contribution is 2.41. The van der Waals surface area contributed by atoms with Crippen LogP contribution in [0.1, 0.15) is 60.8 Å². The molecule has 0 spiro atoms. The largest absolute Gasteiger partial charge is 0.459 e. The molecule has 0 aromatic heterocycles. The van der Waals surface area contributed by atoms with Crippen LogP contribution in [0.5, 0.6) is 0 Å². The van der Waals surface area contributed by atoms with E-state index in [9.17, 15) is 29.4 Å². The van der Waals surface area contributed by atoms with Gasteiger partial charge in [-0.3, -0.25) is 14.4 Å². The first-order valence-corrected chi connectivity index (χ1v) is 11.5. The molecule has 33 heavy (non-hydrogen) atoms. The van der Waals surface area contributed by atoms with Crippen LogP contribution in [0.25, 0.3) is 0 Å². The Hall–Kier alpha value is -2.26. The minimum absolute atomic E-state index is 0.112. The lowest BCUT2D eigenvalue weighted by atomic mass is 9.75. The minimum atomic E-state index is -2.18. The van der Waals surface area contributed by atoms with Crippen molar-refractivity contribution in [1.82, 2.24) is 0 Å². The summed E-state index contributed by atoms with van der Waals surface area (Å²) in [5.74, 6) is -5.34. The van der Waals surface area contributed by atoms with Gasteiger partial charge < -0.3 is 24.4 Å². The Morgan fingerprint density at radius 1 is 1.21 bits per heavy atom. The molecule has 1 saturated carbocycles. The zero-order valence-corrected chi connectivity index (χ0v) is 20.2. The summed E-state index contributed by atoms with van der Waals surface area (Å²) in [6.45, 7) is 13.3. The highest BCUT2D eigenvalue weighted by molar-refractivity contribution is 5.92. The Kier molecular flexibility index (Phi) is 8.46. The molecule has 1 heterocycles. The molecule has 9 nitrogen and oxygen atoms in total. The van der Waals surface area contributed by atoms with E-state index in [1.807, 2.05) is 0 Å². The number of carbonyl (C=O) groups is 4. The van der Waals surface area contributed by atoms with Gasteiger partial charge in [0.15, 0.2) is 23.6 Å². The van der Waals surface area contributed by atoms with Crippen LogP contribution in [0, 0.1) is 23.7 Å². The second-order valence-corrected chi connectivity index (χ2v) is 9.72. The van der Waals surface area contributed by atoms with Gasteiger partial charge >= 0.3 is 17.9 Å². The van der Waals surface area contributed by atoms with Gasteiger partial charge in [0.05, 0.1) is 17.8 Å². The molecule has 2 N–H and O–H groups in total. The molecule has 186 valence electrons. The maximum atomic E-state index is 13.0. The number of ketones is 1. The zero-order chi connectivity index (χ0) is 25.2. The van der Waals surface area contributed by atoms with Crippen molar-refractivity contribution >= 4 is 23.7 Å². The summed E-state index contributed by atoms with van der Waals surface area (Å²) in [7, 11) is 0. The molecule has 0 aromatic carbocycles. The number of carbonyl (C=O) groups excluding carboxylic acids is 4. The smallest absolute Gasteiger partial charge is 0.334 e. The normalized spacial score (nSPS) is 36.1. The van der Waals surface area contributed by atoms with Gasteiger partial charge in [-0.15, -0.1) is 0 Å². The molecule has 0 aromatic rings. The molecule has 2 fully saturated rings. The van der Waals surface area contributed by atoms with Crippen molar-refractivity contribution in [3.05, 3.63) is 12.2 Å². The molecule has 8 atom stereocenters. The van der Waals surface area contributed by atoms with E-state index in [-0.39, 0.29) is 18.4 Å². The van der Waals surface area contributed by atoms with Gasteiger partial charge in [-0.2, -0.15) is 0 Å². The van der Waals surface area contributed by atoms with Crippen molar-refractivity contribution in [2.45, 2.75) is 90.8 Å². The Morgan fingerprint density at radius 2 is 1.82 bits per heavy atom. The Morgan fingerprint density at radius 3 is 2.36 bits per heavy atom. The first-order valence-electron chi connectivity index (χ1n) is 11.5. The van der Waals surface area contributed by atoms with Crippen molar-refractivity contribution in [3.8, 4) is 0 Å². The summed E-state index contributed by atoms with van der Waals surface area (Å²) in [6.07, 6.45) is -4.97. The maximum absolute atomic E-state index is 13.0. The summed E-state index contributed by atoms with van der Waals surface area (Å²) >= 11 is 0. The third-order valence-corrected chi connectivity index (χ3v) is 6.75. The van der Waals surface area contributed by atoms with Crippen LogP contribution < -0.4 is 0 Å². The monoisotopic (exact) mass is 468 g/mol. The van der Waals surface area contributed by atoms with E-state index in [0.29, 0.717) is 6.42 Å². The molecule has 0 amide bonds. The van der Waals surface area contributed by atoms with E-state index >= 15 is 0 Å². The van der Waals surface area contributed by atoms with Gasteiger partial charge in [0, 0.05) is 12.0 Å². The molecule has 9 heteroatoms. The molecule has 2 aliphatic rings. The van der Waals surface area contributed by atoms with E-state index in [4.69, 9.17) is 14.2 Å². The predicted octanol–water partition coefficient (Wildman–Crippen LogP) is 1.72. The highest BCUT2D eigenvalue weighted by atomic mass is 16.6. The van der Waals surface area contributed by atoms with E-state index in [1.165, 1.54) is 6.92 Å². The fourth-order valence-electron chi connectivity index (χ4n) is 4.10. The van der Waals surface area contributed by atoms with Crippen molar-refractivity contribution in [2.24, 2.45) is 23.7 Å². The quantitative estimate of drug-likeness (QED) is 0.351. The Bertz CT molecular complexity index is 800. The fourth-order valence-corrected chi connectivity index (χ4v) is 4.10. The molecule has 1 saturated heterocycles. The van der Waals surface area contributed by atoms with Crippen LogP contribution >= 0.6 is 0 Å². The van der Waals surface area contributed by atoms with E-state index in [1.54, 1.807) is 34.6 Å². The number of ether oxygens (including phenoxy) is 3. The number of Topliss-reactive ketones (excluding diaryl/α,β-unsaturated/α-hetero) is 1. The third-order valence-electron chi connectivity index (χ3n) is 6.75. The lowest BCUT2D eigenvalue weighted by Crippen LogP contribution is -2.59. The Balaban J connectivity index is 2.57. The van der Waals surface area contributed by atoms with Gasteiger partial charge in [0.2, 0.25) is 0 Å². The van der Waals surface area contributed by atoms with Gasteiger partial charge in [-0.25, -0.2) is 4.79 Å². The van der Waals surface area contributed by atoms with Crippen molar-refractivity contribution in [3.63, 3.8) is 0 Å². The first-order chi connectivity index (χ1) is 15.2. The van der Waals surface area contributed by atoms with E-state index < -0.39 is 77.4 Å². The lowest BCUT2D eigenvalue weighted by molar-refractivity contribution is -0.199. The van der Waals surface area contributed by atoms with Gasteiger partial charge in [0.25, 0.3) is 0 Å². The van der Waals surface area contributed by atoms with Gasteiger partial charge in [-0.05, 0) is 25.7 Å². The minimum Gasteiger partial charge on any atom is -0.459 e. The summed E-state index contributed by atoms with van der Waals surface area (Å²) in [4.78, 5) is 50.5. The van der Waals surface area contributed by atoms with Crippen molar-refractivity contribution in [2.75, 3.05) is 0 Å². The molecule has 1 aliphatic carbocycles. The number of aliphatic hydroxyl groups excluding tert-OH is 1. The average Bonchev–Trinajstić information content (AvgIpc) is 3.05. The number of hydrogen-bond donors (Lipinski definition) is 2. The highest BCUT2D eigenvalue weighted by Gasteiger charge is 2.58. The van der Waals surface area contributed by atoms with Crippen LogP contribution in [-0.2, 0) is 33.4 Å². The third kappa shape index (κ3) is 5.46. The second kappa shape index (κ2) is 10.3. The van der Waals surface area contributed by atoms with Crippen LogP contribution in [0.15, 0.2) is 12.2 Å². The topological polar surface area (TPSA) is 136 Å². The van der Waals surface area contributed by atoms with Gasteiger partial charge in [-0.1, -0.05) is 41.2 Å². The summed E-state index contributed by atoms with van der Waals surface area (Å²) in [5.41, 5.74) is -2.30. The number of fused-ring (bicyclic) bond motifs is 1. The van der Waals surface area contributed by atoms with Crippen molar-refractivity contribution in [1.29, 1.82) is 0 Å². The molecular formula is C24H36O9. The summed E-state index contributed by atoms with van der Waals surface area (Å²) < 4.78 is 16.5. The molecule has 2 unspecified atom stereocenters. The second-order valence-electron chi connectivity index (χ2n) is 9.72. The first kappa shape index (κ1) is 27.0. The number of esters is 3. The van der Waals surface area contributed by atoms with Crippen LogP contribution in [-0.4, -0.2) is 63.9 Å². The number of rotatable bonds is 5.